The molecule has 0 bridgehead atoms. The SMILES string of the molecule is CC1C[C@H]2[C@@H]3CCC4=CC(=O)CC[C@]4(C)[C@H]3CC[C@]2(C)C1=O. The van der Waals surface area contributed by atoms with E-state index in [1.165, 1.54) is 18.4 Å². The highest BCUT2D eigenvalue weighted by atomic mass is 16.1. The maximum atomic E-state index is 12.7. The number of Topliss-reactive ketones (excluding diaryl/α,β-unsaturated/α-hetero) is 1. The van der Waals surface area contributed by atoms with E-state index in [2.05, 4.69) is 20.8 Å². The average molecular weight is 300 g/mol. The van der Waals surface area contributed by atoms with Gasteiger partial charge in [0.1, 0.15) is 5.78 Å². The van der Waals surface area contributed by atoms with Crippen LogP contribution in [0.3, 0.4) is 0 Å². The van der Waals surface area contributed by atoms with E-state index in [1.807, 2.05) is 6.08 Å². The molecule has 0 amide bonds. The van der Waals surface area contributed by atoms with E-state index >= 15 is 0 Å². The Bertz CT molecular complexity index is 574. The Labute approximate surface area is 133 Å². The first-order chi connectivity index (χ1) is 10.4. The standard InChI is InChI=1S/C20H28O2/c1-12-10-17-15-5-4-13-11-14(21)6-8-19(13,2)16(15)7-9-20(17,3)18(12)22/h11-12,15-17H,4-10H2,1-3H3/t12?,15-,16+,17+,19+,20+/m1/s1. The summed E-state index contributed by atoms with van der Waals surface area (Å²) >= 11 is 0. The van der Waals surface area contributed by atoms with Crippen molar-refractivity contribution < 1.29 is 9.59 Å². The summed E-state index contributed by atoms with van der Waals surface area (Å²) in [6.07, 6.45) is 9.35. The molecule has 0 spiro atoms. The quantitative estimate of drug-likeness (QED) is 0.667. The van der Waals surface area contributed by atoms with Crippen molar-refractivity contribution in [3.8, 4) is 0 Å². The molecule has 0 aromatic carbocycles. The Hall–Kier alpha value is -0.920. The van der Waals surface area contributed by atoms with Crippen molar-refractivity contribution in [1.29, 1.82) is 0 Å². The van der Waals surface area contributed by atoms with Gasteiger partial charge in [-0.05, 0) is 67.8 Å². The molecule has 120 valence electrons. The third kappa shape index (κ3) is 1.73. The summed E-state index contributed by atoms with van der Waals surface area (Å²) in [4.78, 5) is 24.5. The first-order valence-corrected chi connectivity index (χ1v) is 9.14. The van der Waals surface area contributed by atoms with E-state index in [1.54, 1.807) is 0 Å². The van der Waals surface area contributed by atoms with Gasteiger partial charge in [0.05, 0.1) is 0 Å². The van der Waals surface area contributed by atoms with Crippen molar-refractivity contribution in [3.05, 3.63) is 11.6 Å². The third-order valence-electron chi connectivity index (χ3n) is 7.97. The predicted octanol–water partition coefficient (Wildman–Crippen LogP) is 4.33. The highest BCUT2D eigenvalue weighted by Crippen LogP contribution is 2.64. The normalized spacial score (nSPS) is 51.0. The van der Waals surface area contributed by atoms with Crippen LogP contribution in [0.5, 0.6) is 0 Å². The van der Waals surface area contributed by atoms with Gasteiger partial charge in [-0.15, -0.1) is 0 Å². The van der Waals surface area contributed by atoms with E-state index in [4.69, 9.17) is 0 Å². The summed E-state index contributed by atoms with van der Waals surface area (Å²) < 4.78 is 0. The number of allylic oxidation sites excluding steroid dienone is 1. The molecule has 22 heavy (non-hydrogen) atoms. The van der Waals surface area contributed by atoms with Gasteiger partial charge in [0.25, 0.3) is 0 Å². The third-order valence-corrected chi connectivity index (χ3v) is 7.97. The molecule has 3 saturated carbocycles. The summed E-state index contributed by atoms with van der Waals surface area (Å²) in [7, 11) is 0. The zero-order valence-electron chi connectivity index (χ0n) is 14.2. The van der Waals surface area contributed by atoms with Crippen molar-refractivity contribution in [3.63, 3.8) is 0 Å². The summed E-state index contributed by atoms with van der Waals surface area (Å²) in [5.41, 5.74) is 1.60. The topological polar surface area (TPSA) is 34.1 Å². The van der Waals surface area contributed by atoms with Crippen LogP contribution in [0.4, 0.5) is 0 Å². The largest absolute Gasteiger partial charge is 0.299 e. The molecule has 0 aromatic heterocycles. The second-order valence-corrected chi connectivity index (χ2v) is 8.93. The minimum atomic E-state index is -0.0529. The number of rotatable bonds is 0. The fourth-order valence-corrected chi connectivity index (χ4v) is 6.67. The fourth-order valence-electron chi connectivity index (χ4n) is 6.67. The van der Waals surface area contributed by atoms with Crippen LogP contribution in [0, 0.1) is 34.5 Å². The van der Waals surface area contributed by atoms with Gasteiger partial charge in [-0.3, -0.25) is 9.59 Å². The summed E-state index contributed by atoms with van der Waals surface area (Å²) in [6, 6.07) is 0. The van der Waals surface area contributed by atoms with Crippen LogP contribution >= 0.6 is 0 Å². The molecule has 0 saturated heterocycles. The van der Waals surface area contributed by atoms with Crippen molar-refractivity contribution in [1.82, 2.24) is 0 Å². The lowest BCUT2D eigenvalue weighted by Gasteiger charge is -2.56. The molecule has 6 atom stereocenters. The summed E-state index contributed by atoms with van der Waals surface area (Å²) in [6.45, 7) is 6.79. The zero-order chi connectivity index (χ0) is 15.7. The van der Waals surface area contributed by atoms with Gasteiger partial charge in [0, 0.05) is 17.8 Å². The highest BCUT2D eigenvalue weighted by Gasteiger charge is 2.60. The first kappa shape index (κ1) is 14.7. The molecular formula is C20H28O2. The second kappa shape index (κ2) is 4.55. The molecule has 3 fully saturated rings. The van der Waals surface area contributed by atoms with E-state index in [9.17, 15) is 9.59 Å². The maximum absolute atomic E-state index is 12.7. The Balaban J connectivity index is 1.70. The highest BCUT2D eigenvalue weighted by molar-refractivity contribution is 5.92. The average Bonchev–Trinajstić information content (AvgIpc) is 2.72. The first-order valence-electron chi connectivity index (χ1n) is 9.14. The van der Waals surface area contributed by atoms with Gasteiger partial charge in [-0.1, -0.05) is 26.3 Å². The molecule has 2 nitrogen and oxygen atoms in total. The Morgan fingerprint density at radius 1 is 1.00 bits per heavy atom. The molecule has 1 unspecified atom stereocenters. The molecule has 0 aromatic rings. The van der Waals surface area contributed by atoms with Crippen molar-refractivity contribution in [2.24, 2.45) is 34.5 Å². The number of ketones is 2. The van der Waals surface area contributed by atoms with Gasteiger partial charge in [-0.25, -0.2) is 0 Å². The Kier molecular flexibility index (Phi) is 3.03. The van der Waals surface area contributed by atoms with E-state index in [-0.39, 0.29) is 16.7 Å². The smallest absolute Gasteiger partial charge is 0.155 e. The molecule has 0 heterocycles. The van der Waals surface area contributed by atoms with Crippen molar-refractivity contribution >= 4 is 11.6 Å². The monoisotopic (exact) mass is 300 g/mol. The van der Waals surface area contributed by atoms with Crippen LogP contribution in [0.1, 0.15) is 65.7 Å². The Morgan fingerprint density at radius 2 is 1.77 bits per heavy atom. The number of carbonyl (C=O) groups is 2. The molecule has 0 aliphatic heterocycles. The molecule has 4 aliphatic carbocycles. The van der Waals surface area contributed by atoms with Gasteiger partial charge in [-0.2, -0.15) is 0 Å². The molecule has 2 heteroatoms. The Morgan fingerprint density at radius 3 is 2.55 bits per heavy atom. The van der Waals surface area contributed by atoms with E-state index in [0.717, 1.165) is 32.1 Å². The van der Waals surface area contributed by atoms with Gasteiger partial charge < -0.3 is 0 Å². The summed E-state index contributed by atoms with van der Waals surface area (Å²) in [5, 5.41) is 0. The van der Waals surface area contributed by atoms with E-state index < -0.39 is 0 Å². The molecule has 0 N–H and O–H groups in total. The molecule has 4 aliphatic rings. The van der Waals surface area contributed by atoms with Crippen LogP contribution in [-0.4, -0.2) is 11.6 Å². The van der Waals surface area contributed by atoms with Crippen molar-refractivity contribution in [2.45, 2.75) is 65.7 Å². The molecule has 4 rings (SSSR count). The number of carbonyl (C=O) groups excluding carboxylic acids is 2. The lowest BCUT2D eigenvalue weighted by Crippen LogP contribution is -2.50. The van der Waals surface area contributed by atoms with Crippen molar-refractivity contribution in [2.75, 3.05) is 0 Å². The predicted molar refractivity (Wildman–Crippen MR) is 86.3 cm³/mol. The minimum absolute atomic E-state index is 0.0529. The van der Waals surface area contributed by atoms with Crippen LogP contribution in [0.15, 0.2) is 11.6 Å². The lowest BCUT2D eigenvalue weighted by molar-refractivity contribution is -0.134. The number of fused-ring (bicyclic) bond motifs is 5. The second-order valence-electron chi connectivity index (χ2n) is 8.93. The zero-order valence-corrected chi connectivity index (χ0v) is 14.2. The van der Waals surface area contributed by atoms with Gasteiger partial charge in [0.2, 0.25) is 0 Å². The maximum Gasteiger partial charge on any atom is 0.155 e. The van der Waals surface area contributed by atoms with Gasteiger partial charge >= 0.3 is 0 Å². The van der Waals surface area contributed by atoms with Gasteiger partial charge in [0.15, 0.2) is 5.78 Å². The minimum Gasteiger partial charge on any atom is -0.299 e. The molecule has 0 radical (unpaired) electrons. The number of hydrogen-bond donors (Lipinski definition) is 0. The summed E-state index contributed by atoms with van der Waals surface area (Å²) in [5.74, 6) is 3.09. The van der Waals surface area contributed by atoms with Crippen LogP contribution in [0.25, 0.3) is 0 Å². The van der Waals surface area contributed by atoms with Crippen LogP contribution in [0.2, 0.25) is 0 Å². The molecular weight excluding hydrogens is 272 g/mol. The van der Waals surface area contributed by atoms with E-state index in [0.29, 0.717) is 29.3 Å². The number of hydrogen-bond acceptors (Lipinski definition) is 2. The van der Waals surface area contributed by atoms with Crippen LogP contribution < -0.4 is 0 Å². The fraction of sp³-hybridized carbons (Fsp3) is 0.800. The van der Waals surface area contributed by atoms with Crippen LogP contribution in [-0.2, 0) is 9.59 Å². The lowest BCUT2D eigenvalue weighted by atomic mass is 9.47.